The maximum atomic E-state index is 11.3. The fourth-order valence-corrected chi connectivity index (χ4v) is 0.285. The number of imide groups is 1. The number of alkyl carbamates (subject to hydrolysis) is 1. The molecule has 0 aromatic heterocycles. The summed E-state index contributed by atoms with van der Waals surface area (Å²) in [5, 5.41) is 1.74. The molecule has 0 unspecified atom stereocenters. The lowest BCUT2D eigenvalue weighted by Gasteiger charge is -2.00. The van der Waals surface area contributed by atoms with Crippen LogP contribution in [0.2, 0.25) is 0 Å². The van der Waals surface area contributed by atoms with Crippen molar-refractivity contribution < 1.29 is 23.1 Å². The van der Waals surface area contributed by atoms with E-state index in [2.05, 4.69) is 11.3 Å². The molecule has 0 saturated heterocycles. The lowest BCUT2D eigenvalue weighted by atomic mass is 10.3. The quantitative estimate of drug-likeness (QED) is 0.704. The van der Waals surface area contributed by atoms with Crippen LogP contribution in [0.15, 0.2) is 12.2 Å². The number of carbonyl (C=O) groups excluding carboxylic acids is 2. The summed E-state index contributed by atoms with van der Waals surface area (Å²) < 4.78 is 25.4. The minimum atomic E-state index is -1.25. The molecule has 14 heavy (non-hydrogen) atoms. The third-order valence-corrected chi connectivity index (χ3v) is 0.789. The molecule has 1 N–H and O–H groups in total. The van der Waals surface area contributed by atoms with Crippen molar-refractivity contribution in [3.63, 3.8) is 0 Å². The summed E-state index contributed by atoms with van der Waals surface area (Å²) in [7, 11) is 0. The van der Waals surface area contributed by atoms with Gasteiger partial charge in [-0.2, -0.15) is 0 Å². The first-order chi connectivity index (χ1) is 6.49. The van der Waals surface area contributed by atoms with Gasteiger partial charge in [0, 0.05) is 5.57 Å². The number of hydrogen-bond donors (Lipinski definition) is 1. The Bertz CT molecular complexity index is 207. The number of ether oxygens (including phenoxy) is 1. The lowest BCUT2D eigenvalue weighted by molar-refractivity contribution is -0.116. The summed E-state index contributed by atoms with van der Waals surface area (Å²) in [6, 6.07) is 0. The van der Waals surface area contributed by atoms with E-state index >= 15 is 0 Å². The molecule has 4 nitrogen and oxygen atoms in total. The highest BCUT2D eigenvalue weighted by Gasteiger charge is 2.07. The Hall–Kier alpha value is -1.46. The van der Waals surface area contributed by atoms with Gasteiger partial charge < -0.3 is 4.74 Å². The standard InChI is InChI=1S/C6H8FNO3.C2H5F/c1-4(2)5(9)8-6(10)11-3-7;1-2-3/h1,3H2,2H3,(H,8,9,10);2H2,1H3. The third kappa shape index (κ3) is 10.5. The molecule has 0 aliphatic rings. The summed E-state index contributed by atoms with van der Waals surface area (Å²) in [6.45, 7) is 4.62. The van der Waals surface area contributed by atoms with Gasteiger partial charge in [-0.15, -0.1) is 0 Å². The highest BCUT2D eigenvalue weighted by atomic mass is 19.1. The number of amides is 2. The van der Waals surface area contributed by atoms with Gasteiger partial charge in [0.2, 0.25) is 6.86 Å². The highest BCUT2D eigenvalue weighted by Crippen LogP contribution is 1.86. The fraction of sp³-hybridized carbons (Fsp3) is 0.500. The molecule has 0 atom stereocenters. The Balaban J connectivity index is 0. The number of alkyl halides is 2. The summed E-state index contributed by atoms with van der Waals surface area (Å²) in [4.78, 5) is 20.9. The number of halogens is 2. The first-order valence-corrected chi connectivity index (χ1v) is 3.75. The molecule has 0 saturated carbocycles. The van der Waals surface area contributed by atoms with Crippen molar-refractivity contribution in [1.29, 1.82) is 0 Å². The average Bonchev–Trinajstić information content (AvgIpc) is 2.05. The van der Waals surface area contributed by atoms with Crippen LogP contribution in [0.3, 0.4) is 0 Å². The Kier molecular flexibility index (Phi) is 10.3. The molecule has 0 rings (SSSR count). The van der Waals surface area contributed by atoms with Crippen LogP contribution >= 0.6 is 0 Å². The first-order valence-electron chi connectivity index (χ1n) is 3.75. The van der Waals surface area contributed by atoms with E-state index in [1.165, 1.54) is 13.8 Å². The van der Waals surface area contributed by atoms with Crippen LogP contribution in [0.1, 0.15) is 13.8 Å². The van der Waals surface area contributed by atoms with Crippen molar-refractivity contribution in [2.24, 2.45) is 0 Å². The second-order valence-corrected chi connectivity index (χ2v) is 2.04. The van der Waals surface area contributed by atoms with E-state index in [9.17, 15) is 18.4 Å². The topological polar surface area (TPSA) is 55.4 Å². The Morgan fingerprint density at radius 3 is 2.14 bits per heavy atom. The van der Waals surface area contributed by atoms with Gasteiger partial charge in [-0.1, -0.05) is 6.58 Å². The molecule has 0 aliphatic carbocycles. The monoisotopic (exact) mass is 209 g/mol. The predicted octanol–water partition coefficient (Wildman–Crippen LogP) is 1.72. The third-order valence-electron chi connectivity index (χ3n) is 0.789. The molecule has 0 heterocycles. The van der Waals surface area contributed by atoms with E-state index in [1.807, 2.05) is 0 Å². The zero-order valence-corrected chi connectivity index (χ0v) is 8.10. The number of hydrogen-bond acceptors (Lipinski definition) is 3. The molecule has 2 amide bonds. The smallest absolute Gasteiger partial charge is 0.416 e. The molecule has 6 heteroatoms. The van der Waals surface area contributed by atoms with E-state index in [1.54, 1.807) is 5.32 Å². The molecule has 0 spiro atoms. The van der Waals surface area contributed by atoms with Crippen molar-refractivity contribution in [2.75, 3.05) is 13.5 Å². The van der Waals surface area contributed by atoms with Crippen LogP contribution < -0.4 is 5.32 Å². The van der Waals surface area contributed by atoms with E-state index in [-0.39, 0.29) is 12.2 Å². The fourth-order valence-electron chi connectivity index (χ4n) is 0.285. The van der Waals surface area contributed by atoms with Crippen LogP contribution in [-0.4, -0.2) is 25.5 Å². The average molecular weight is 209 g/mol. The maximum Gasteiger partial charge on any atom is 0.416 e. The van der Waals surface area contributed by atoms with E-state index < -0.39 is 18.9 Å². The van der Waals surface area contributed by atoms with Crippen LogP contribution in [0.5, 0.6) is 0 Å². The van der Waals surface area contributed by atoms with E-state index in [0.717, 1.165) is 0 Å². The van der Waals surface area contributed by atoms with Gasteiger partial charge in [0.1, 0.15) is 0 Å². The first kappa shape index (κ1) is 15.0. The van der Waals surface area contributed by atoms with Gasteiger partial charge in [0.15, 0.2) is 0 Å². The van der Waals surface area contributed by atoms with Gasteiger partial charge >= 0.3 is 6.09 Å². The van der Waals surface area contributed by atoms with Gasteiger partial charge in [-0.25, -0.2) is 9.18 Å². The zero-order chi connectivity index (χ0) is 11.6. The highest BCUT2D eigenvalue weighted by molar-refractivity contribution is 6.01. The van der Waals surface area contributed by atoms with Crippen LogP contribution in [0, 0.1) is 0 Å². The van der Waals surface area contributed by atoms with Gasteiger partial charge in [-0.3, -0.25) is 14.5 Å². The van der Waals surface area contributed by atoms with Gasteiger partial charge in [0.05, 0.1) is 6.67 Å². The summed E-state index contributed by atoms with van der Waals surface area (Å²) in [5.41, 5.74) is 0.154. The van der Waals surface area contributed by atoms with Crippen molar-refractivity contribution in [3.8, 4) is 0 Å². The zero-order valence-electron chi connectivity index (χ0n) is 8.10. The second kappa shape index (κ2) is 9.63. The van der Waals surface area contributed by atoms with Crippen molar-refractivity contribution in [3.05, 3.63) is 12.2 Å². The number of carbonyl (C=O) groups is 2. The largest absolute Gasteiger partial charge is 0.417 e. The van der Waals surface area contributed by atoms with Gasteiger partial charge in [-0.05, 0) is 13.8 Å². The molecule has 0 fully saturated rings. The van der Waals surface area contributed by atoms with E-state index in [4.69, 9.17) is 0 Å². The van der Waals surface area contributed by atoms with Gasteiger partial charge in [0.25, 0.3) is 5.91 Å². The molecule has 0 aromatic rings. The SMILES string of the molecule is C=C(C)C(=O)NC(=O)OCF.CCF. The molecule has 0 aliphatic heterocycles. The number of nitrogens with one attached hydrogen (secondary N) is 1. The molecule has 82 valence electrons. The summed E-state index contributed by atoms with van der Waals surface area (Å²) >= 11 is 0. The lowest BCUT2D eigenvalue weighted by Crippen LogP contribution is -2.31. The van der Waals surface area contributed by atoms with Crippen LogP contribution in [0.4, 0.5) is 13.6 Å². The Morgan fingerprint density at radius 2 is 1.86 bits per heavy atom. The van der Waals surface area contributed by atoms with Crippen LogP contribution in [-0.2, 0) is 9.53 Å². The van der Waals surface area contributed by atoms with E-state index in [0.29, 0.717) is 0 Å². The second-order valence-electron chi connectivity index (χ2n) is 2.04. The maximum absolute atomic E-state index is 11.3. The summed E-state index contributed by atoms with van der Waals surface area (Å²) in [6.07, 6.45) is -1.11. The minimum absolute atomic E-state index is 0.154. The molecular formula is C8H13F2NO3. The van der Waals surface area contributed by atoms with Crippen LogP contribution in [0.25, 0.3) is 0 Å². The molecule has 0 bridgehead atoms. The van der Waals surface area contributed by atoms with Crippen molar-refractivity contribution in [2.45, 2.75) is 13.8 Å². The minimum Gasteiger partial charge on any atom is -0.417 e. The predicted molar refractivity (Wildman–Crippen MR) is 47.1 cm³/mol. The number of rotatable bonds is 2. The normalized spacial score (nSPS) is 8.00. The van der Waals surface area contributed by atoms with Crippen molar-refractivity contribution in [1.82, 2.24) is 5.32 Å². The summed E-state index contributed by atoms with van der Waals surface area (Å²) in [5.74, 6) is -0.677. The molecule has 0 aromatic carbocycles. The molecule has 0 radical (unpaired) electrons. The molecular weight excluding hydrogens is 196 g/mol. The van der Waals surface area contributed by atoms with Crippen molar-refractivity contribution >= 4 is 12.0 Å². The Labute approximate surface area is 80.9 Å². The Morgan fingerprint density at radius 1 is 1.43 bits per heavy atom.